The maximum atomic E-state index is 12.6. The van der Waals surface area contributed by atoms with E-state index in [9.17, 15) is 13.6 Å². The van der Waals surface area contributed by atoms with Crippen molar-refractivity contribution in [3.05, 3.63) is 11.6 Å². The zero-order chi connectivity index (χ0) is 12.1. The van der Waals surface area contributed by atoms with Crippen LogP contribution in [0.3, 0.4) is 0 Å². The van der Waals surface area contributed by atoms with Crippen molar-refractivity contribution in [3.63, 3.8) is 0 Å². The Hall–Kier alpha value is -1.01. The number of nitrogens with two attached hydrogens (primary N) is 2. The molecule has 1 unspecified atom stereocenters. The first kappa shape index (κ1) is 14.0. The van der Waals surface area contributed by atoms with E-state index in [1.165, 1.54) is 13.8 Å². The summed E-state index contributed by atoms with van der Waals surface area (Å²) in [5.41, 5.74) is 8.53. The highest BCUT2D eigenvalue weighted by Gasteiger charge is 2.43. The Balaban J connectivity index is 4.98. The van der Waals surface area contributed by atoms with Crippen LogP contribution in [0.25, 0.3) is 0 Å². The molecule has 0 amide bonds. The third kappa shape index (κ3) is 3.56. The van der Waals surface area contributed by atoms with Crippen LogP contribution in [0, 0.1) is 0 Å². The maximum Gasteiger partial charge on any atom is 0.336 e. The average Bonchev–Trinajstić information content (AvgIpc) is 2.17. The highest BCUT2D eigenvalue weighted by Crippen LogP contribution is 2.18. The van der Waals surface area contributed by atoms with Gasteiger partial charge in [-0.1, -0.05) is 5.57 Å². The van der Waals surface area contributed by atoms with Gasteiger partial charge in [0.25, 0.3) is 6.43 Å². The Morgan fingerprint density at radius 3 is 2.47 bits per heavy atom. The first-order valence-corrected chi connectivity index (χ1v) is 4.51. The van der Waals surface area contributed by atoms with Crippen LogP contribution in [0.4, 0.5) is 8.78 Å². The van der Waals surface area contributed by atoms with Crippen LogP contribution in [0.15, 0.2) is 11.6 Å². The summed E-state index contributed by atoms with van der Waals surface area (Å²) in [6.45, 7) is 3.09. The second-order valence-corrected chi connectivity index (χ2v) is 3.15. The molecule has 6 heteroatoms. The van der Waals surface area contributed by atoms with E-state index in [0.717, 1.165) is 6.08 Å². The predicted molar refractivity (Wildman–Crippen MR) is 52.4 cm³/mol. The topological polar surface area (TPSA) is 78.3 Å². The summed E-state index contributed by atoms with van der Waals surface area (Å²) in [6.07, 6.45) is -2.08. The molecule has 0 rings (SSSR count). The van der Waals surface area contributed by atoms with E-state index in [1.54, 1.807) is 0 Å². The van der Waals surface area contributed by atoms with Crippen molar-refractivity contribution in [1.29, 1.82) is 0 Å². The Labute approximate surface area is 87.3 Å². The monoisotopic (exact) mass is 222 g/mol. The number of alkyl halides is 2. The van der Waals surface area contributed by atoms with Gasteiger partial charge in [0, 0.05) is 6.54 Å². The summed E-state index contributed by atoms with van der Waals surface area (Å²) >= 11 is 0. The predicted octanol–water partition coefficient (Wildman–Crippen LogP) is 0.417. The molecular formula is C9H16F2N2O2. The van der Waals surface area contributed by atoms with Gasteiger partial charge in [0.05, 0.1) is 6.61 Å². The smallest absolute Gasteiger partial charge is 0.336 e. The van der Waals surface area contributed by atoms with Gasteiger partial charge in [-0.05, 0) is 19.9 Å². The summed E-state index contributed by atoms with van der Waals surface area (Å²) in [5, 5.41) is 0. The summed E-state index contributed by atoms with van der Waals surface area (Å²) in [4.78, 5) is 11.2. The van der Waals surface area contributed by atoms with Gasteiger partial charge in [-0.2, -0.15) is 0 Å². The van der Waals surface area contributed by atoms with E-state index in [1.807, 2.05) is 0 Å². The van der Waals surface area contributed by atoms with Crippen molar-refractivity contribution in [1.82, 2.24) is 0 Å². The number of carbonyl (C=O) groups excluding carboxylic acids is 1. The van der Waals surface area contributed by atoms with Gasteiger partial charge in [-0.15, -0.1) is 0 Å². The van der Waals surface area contributed by atoms with E-state index < -0.39 is 17.9 Å². The van der Waals surface area contributed by atoms with Crippen LogP contribution in [0.2, 0.25) is 0 Å². The fraction of sp³-hybridized carbons (Fsp3) is 0.667. The lowest BCUT2D eigenvalue weighted by atomic mass is 9.98. The summed E-state index contributed by atoms with van der Waals surface area (Å²) in [7, 11) is 0. The Morgan fingerprint density at radius 2 is 2.13 bits per heavy atom. The molecule has 0 saturated carbocycles. The first-order chi connectivity index (χ1) is 6.88. The maximum absolute atomic E-state index is 12.6. The van der Waals surface area contributed by atoms with Gasteiger partial charge < -0.3 is 16.2 Å². The van der Waals surface area contributed by atoms with E-state index in [2.05, 4.69) is 4.74 Å². The molecule has 0 aromatic rings. The number of rotatable bonds is 5. The molecule has 4 N–H and O–H groups in total. The minimum Gasteiger partial charge on any atom is -0.464 e. The molecule has 0 bridgehead atoms. The lowest BCUT2D eigenvalue weighted by Crippen LogP contribution is -2.53. The SMILES string of the molecule is CCOC(=O)C(N)(/C=C(\C)CN)C(F)F. The Kier molecular flexibility index (Phi) is 5.38. The van der Waals surface area contributed by atoms with Crippen LogP contribution in [-0.2, 0) is 9.53 Å². The fourth-order valence-electron chi connectivity index (χ4n) is 0.934. The molecule has 0 saturated heterocycles. The quantitative estimate of drug-likeness (QED) is 0.522. The van der Waals surface area contributed by atoms with Crippen LogP contribution < -0.4 is 11.5 Å². The number of esters is 1. The number of hydrogen-bond donors (Lipinski definition) is 2. The molecule has 0 aliphatic rings. The summed E-state index contributed by atoms with van der Waals surface area (Å²) in [5.74, 6) is -1.15. The molecule has 4 nitrogen and oxygen atoms in total. The molecule has 0 radical (unpaired) electrons. The second kappa shape index (κ2) is 5.77. The van der Waals surface area contributed by atoms with Gasteiger partial charge in [0.15, 0.2) is 5.54 Å². The number of halogens is 2. The number of ether oxygens (including phenoxy) is 1. The van der Waals surface area contributed by atoms with E-state index >= 15 is 0 Å². The van der Waals surface area contributed by atoms with Crippen LogP contribution in [-0.4, -0.2) is 31.1 Å². The third-order valence-electron chi connectivity index (χ3n) is 1.80. The van der Waals surface area contributed by atoms with E-state index in [-0.39, 0.29) is 13.2 Å². The number of hydrogen-bond acceptors (Lipinski definition) is 4. The van der Waals surface area contributed by atoms with E-state index in [4.69, 9.17) is 11.5 Å². The largest absolute Gasteiger partial charge is 0.464 e. The van der Waals surface area contributed by atoms with Crippen molar-refractivity contribution in [2.45, 2.75) is 25.8 Å². The van der Waals surface area contributed by atoms with Gasteiger partial charge in [-0.25, -0.2) is 13.6 Å². The van der Waals surface area contributed by atoms with Crippen molar-refractivity contribution < 1.29 is 18.3 Å². The molecule has 0 fully saturated rings. The molecule has 0 spiro atoms. The van der Waals surface area contributed by atoms with Gasteiger partial charge in [0.2, 0.25) is 0 Å². The fourth-order valence-corrected chi connectivity index (χ4v) is 0.934. The zero-order valence-electron chi connectivity index (χ0n) is 8.80. The third-order valence-corrected chi connectivity index (χ3v) is 1.80. The van der Waals surface area contributed by atoms with Crippen molar-refractivity contribution in [2.75, 3.05) is 13.2 Å². The number of carbonyl (C=O) groups is 1. The van der Waals surface area contributed by atoms with Crippen molar-refractivity contribution in [2.24, 2.45) is 11.5 Å². The Bertz CT molecular complexity index is 256. The first-order valence-electron chi connectivity index (χ1n) is 4.51. The molecule has 0 aliphatic heterocycles. The summed E-state index contributed by atoms with van der Waals surface area (Å²) in [6, 6.07) is 0. The molecule has 0 heterocycles. The standard InChI is InChI=1S/C9H16F2N2O2/c1-3-15-8(14)9(13,7(10)11)4-6(2)5-12/h4,7H,3,5,12-13H2,1-2H3/b6-4+. The van der Waals surface area contributed by atoms with Gasteiger partial charge in [0.1, 0.15) is 0 Å². The minimum absolute atomic E-state index is 0.0000158. The van der Waals surface area contributed by atoms with Crippen molar-refractivity contribution in [3.8, 4) is 0 Å². The van der Waals surface area contributed by atoms with E-state index in [0.29, 0.717) is 5.57 Å². The highest BCUT2D eigenvalue weighted by atomic mass is 19.3. The van der Waals surface area contributed by atoms with Gasteiger partial charge in [-0.3, -0.25) is 0 Å². The molecular weight excluding hydrogens is 206 g/mol. The average molecular weight is 222 g/mol. The van der Waals surface area contributed by atoms with Gasteiger partial charge >= 0.3 is 5.97 Å². The molecule has 0 aromatic heterocycles. The molecule has 0 aliphatic carbocycles. The van der Waals surface area contributed by atoms with Crippen LogP contribution in [0.5, 0.6) is 0 Å². The lowest BCUT2D eigenvalue weighted by Gasteiger charge is -2.23. The summed E-state index contributed by atoms with van der Waals surface area (Å²) < 4.78 is 29.8. The zero-order valence-corrected chi connectivity index (χ0v) is 8.80. The molecule has 1 atom stereocenters. The highest BCUT2D eigenvalue weighted by molar-refractivity contribution is 5.84. The van der Waals surface area contributed by atoms with Crippen molar-refractivity contribution >= 4 is 5.97 Å². The minimum atomic E-state index is -3.03. The lowest BCUT2D eigenvalue weighted by molar-refractivity contribution is -0.152. The van der Waals surface area contributed by atoms with Crippen LogP contribution >= 0.6 is 0 Å². The molecule has 0 aromatic carbocycles. The normalized spacial score (nSPS) is 16.3. The molecule has 15 heavy (non-hydrogen) atoms. The second-order valence-electron chi connectivity index (χ2n) is 3.15. The Morgan fingerprint density at radius 1 is 1.60 bits per heavy atom. The van der Waals surface area contributed by atoms with Crippen LogP contribution in [0.1, 0.15) is 13.8 Å². The molecule has 88 valence electrons.